The topological polar surface area (TPSA) is 71.5 Å². The van der Waals surface area contributed by atoms with E-state index in [4.69, 9.17) is 4.74 Å². The molecule has 7 heteroatoms. The maximum atomic E-state index is 12.2. The Bertz CT molecular complexity index is 780. The van der Waals surface area contributed by atoms with E-state index >= 15 is 0 Å². The number of fused-ring (bicyclic) bond motifs is 1. The van der Waals surface area contributed by atoms with Crippen LogP contribution in [0.2, 0.25) is 0 Å². The van der Waals surface area contributed by atoms with E-state index in [-0.39, 0.29) is 11.8 Å². The number of carbonyl (C=O) groups is 2. The van der Waals surface area contributed by atoms with E-state index in [0.29, 0.717) is 31.7 Å². The molecule has 1 N–H and O–H groups in total. The molecule has 0 bridgehead atoms. The number of hydrogen-bond acceptors (Lipinski definition) is 5. The highest BCUT2D eigenvalue weighted by Crippen LogP contribution is 2.33. The predicted octanol–water partition coefficient (Wildman–Crippen LogP) is 2.63. The first kappa shape index (κ1) is 18.3. The first-order chi connectivity index (χ1) is 12.7. The van der Waals surface area contributed by atoms with Crippen molar-refractivity contribution in [2.75, 3.05) is 24.3 Å². The third-order valence-electron chi connectivity index (χ3n) is 4.11. The normalized spacial score (nSPS) is 13.3. The first-order valence-corrected chi connectivity index (χ1v) is 9.44. The molecule has 0 spiro atoms. The number of aromatic nitrogens is 1. The zero-order chi connectivity index (χ0) is 18.4. The average Bonchev–Trinajstić information content (AvgIpc) is 2.68. The van der Waals surface area contributed by atoms with Gasteiger partial charge in [-0.1, -0.05) is 23.9 Å². The van der Waals surface area contributed by atoms with Gasteiger partial charge in [-0.25, -0.2) is 4.98 Å². The van der Waals surface area contributed by atoms with Crippen LogP contribution in [0.4, 0.5) is 5.69 Å². The number of pyridine rings is 1. The molecule has 2 amide bonds. The van der Waals surface area contributed by atoms with Crippen molar-refractivity contribution >= 4 is 29.3 Å². The van der Waals surface area contributed by atoms with Gasteiger partial charge in [0.05, 0.1) is 18.6 Å². The van der Waals surface area contributed by atoms with Gasteiger partial charge in [0.25, 0.3) is 0 Å². The summed E-state index contributed by atoms with van der Waals surface area (Å²) in [7, 11) is 1.62. The largest absolute Gasteiger partial charge is 0.497 e. The second-order valence-electron chi connectivity index (χ2n) is 5.89. The fourth-order valence-corrected chi connectivity index (χ4v) is 3.59. The SMILES string of the molecule is COc1ccc(CNC(=O)CCCN2C(=O)CSc3ncccc32)cc1. The number of methoxy groups -OCH3 is 1. The van der Waals surface area contributed by atoms with Crippen LogP contribution in [0.3, 0.4) is 0 Å². The highest BCUT2D eigenvalue weighted by molar-refractivity contribution is 8.00. The average molecular weight is 371 g/mol. The van der Waals surface area contributed by atoms with Crippen molar-refractivity contribution in [3.05, 3.63) is 48.2 Å². The molecule has 1 aliphatic rings. The lowest BCUT2D eigenvalue weighted by Gasteiger charge is -2.27. The van der Waals surface area contributed by atoms with E-state index in [1.165, 1.54) is 11.8 Å². The van der Waals surface area contributed by atoms with E-state index in [2.05, 4.69) is 10.3 Å². The van der Waals surface area contributed by atoms with Gasteiger partial charge >= 0.3 is 0 Å². The van der Waals surface area contributed by atoms with E-state index in [1.54, 1.807) is 18.2 Å². The molecule has 2 aromatic rings. The Morgan fingerprint density at radius 1 is 1.31 bits per heavy atom. The molecule has 0 radical (unpaired) electrons. The molecule has 1 aliphatic heterocycles. The number of carbonyl (C=O) groups excluding carboxylic acids is 2. The van der Waals surface area contributed by atoms with Crippen LogP contribution in [0.1, 0.15) is 18.4 Å². The first-order valence-electron chi connectivity index (χ1n) is 8.45. The summed E-state index contributed by atoms with van der Waals surface area (Å²) in [5, 5.41) is 3.78. The Labute approximate surface area is 156 Å². The van der Waals surface area contributed by atoms with Gasteiger partial charge < -0.3 is 15.0 Å². The lowest BCUT2D eigenvalue weighted by atomic mass is 10.2. The molecule has 1 aromatic carbocycles. The van der Waals surface area contributed by atoms with Gasteiger partial charge in [0.2, 0.25) is 11.8 Å². The van der Waals surface area contributed by atoms with E-state index in [1.807, 2.05) is 36.4 Å². The summed E-state index contributed by atoms with van der Waals surface area (Å²) in [6.07, 6.45) is 2.72. The molecule has 26 heavy (non-hydrogen) atoms. The Kier molecular flexibility index (Phi) is 6.12. The fourth-order valence-electron chi connectivity index (χ4n) is 2.72. The summed E-state index contributed by atoms with van der Waals surface area (Å²) < 4.78 is 5.11. The summed E-state index contributed by atoms with van der Waals surface area (Å²) in [5.41, 5.74) is 1.86. The summed E-state index contributed by atoms with van der Waals surface area (Å²) >= 11 is 1.46. The van der Waals surface area contributed by atoms with Gasteiger partial charge in [-0.3, -0.25) is 9.59 Å². The van der Waals surface area contributed by atoms with Crippen LogP contribution in [-0.2, 0) is 16.1 Å². The molecule has 6 nitrogen and oxygen atoms in total. The minimum Gasteiger partial charge on any atom is -0.497 e. The minimum atomic E-state index is -0.0222. The third-order valence-corrected chi connectivity index (χ3v) is 5.09. The van der Waals surface area contributed by atoms with Crippen LogP contribution in [0.25, 0.3) is 0 Å². The summed E-state index contributed by atoms with van der Waals surface area (Å²) in [6.45, 7) is 1.00. The molecule has 2 heterocycles. The van der Waals surface area contributed by atoms with Crippen molar-refractivity contribution in [1.82, 2.24) is 10.3 Å². The Hall–Kier alpha value is -2.54. The van der Waals surface area contributed by atoms with Crippen LogP contribution >= 0.6 is 11.8 Å². The van der Waals surface area contributed by atoms with Crippen LogP contribution in [0, 0.1) is 0 Å². The number of ether oxygens (including phenoxy) is 1. The molecule has 136 valence electrons. The predicted molar refractivity (Wildman–Crippen MR) is 101 cm³/mol. The Balaban J connectivity index is 1.45. The number of rotatable bonds is 7. The summed E-state index contributed by atoms with van der Waals surface area (Å²) in [6, 6.07) is 11.3. The summed E-state index contributed by atoms with van der Waals surface area (Å²) in [5.74, 6) is 1.23. The number of thioether (sulfide) groups is 1. The number of benzene rings is 1. The van der Waals surface area contributed by atoms with E-state index in [9.17, 15) is 9.59 Å². The maximum absolute atomic E-state index is 12.2. The number of hydrogen-bond donors (Lipinski definition) is 1. The van der Waals surface area contributed by atoms with Crippen molar-refractivity contribution in [1.29, 1.82) is 0 Å². The van der Waals surface area contributed by atoms with Crippen LogP contribution in [0.5, 0.6) is 5.75 Å². The molecule has 0 aliphatic carbocycles. The highest BCUT2D eigenvalue weighted by atomic mass is 32.2. The lowest BCUT2D eigenvalue weighted by Crippen LogP contribution is -2.37. The highest BCUT2D eigenvalue weighted by Gasteiger charge is 2.24. The van der Waals surface area contributed by atoms with Crippen molar-refractivity contribution in [2.24, 2.45) is 0 Å². The zero-order valence-corrected chi connectivity index (χ0v) is 15.4. The monoisotopic (exact) mass is 371 g/mol. The van der Waals surface area contributed by atoms with Crippen LogP contribution in [0.15, 0.2) is 47.6 Å². The fraction of sp³-hybridized carbons (Fsp3) is 0.316. The number of nitrogens with one attached hydrogen (secondary N) is 1. The van der Waals surface area contributed by atoms with Crippen LogP contribution < -0.4 is 15.0 Å². The van der Waals surface area contributed by atoms with Crippen molar-refractivity contribution in [2.45, 2.75) is 24.4 Å². The second-order valence-corrected chi connectivity index (χ2v) is 6.85. The molecular weight excluding hydrogens is 350 g/mol. The number of nitrogens with zero attached hydrogens (tertiary/aromatic N) is 2. The van der Waals surface area contributed by atoms with Gasteiger partial charge in [0.1, 0.15) is 10.8 Å². The third kappa shape index (κ3) is 4.54. The van der Waals surface area contributed by atoms with Gasteiger partial charge in [-0.2, -0.15) is 0 Å². The summed E-state index contributed by atoms with van der Waals surface area (Å²) in [4.78, 5) is 30.2. The quantitative estimate of drug-likeness (QED) is 0.810. The van der Waals surface area contributed by atoms with Gasteiger partial charge in [-0.05, 0) is 36.2 Å². The standard InChI is InChI=1S/C19H21N3O3S/c1-25-15-8-6-14(7-9-15)12-21-17(23)5-3-11-22-16-4-2-10-20-19(16)26-13-18(22)24/h2,4,6-10H,3,5,11-13H2,1H3,(H,21,23). The molecular formula is C19H21N3O3S. The van der Waals surface area contributed by atoms with Gasteiger partial charge in [0.15, 0.2) is 0 Å². The lowest BCUT2D eigenvalue weighted by molar-refractivity contribution is -0.121. The van der Waals surface area contributed by atoms with Gasteiger partial charge in [-0.15, -0.1) is 0 Å². The molecule has 0 saturated heterocycles. The van der Waals surface area contributed by atoms with Crippen LogP contribution in [-0.4, -0.2) is 36.2 Å². The maximum Gasteiger partial charge on any atom is 0.237 e. The Morgan fingerprint density at radius 3 is 2.88 bits per heavy atom. The van der Waals surface area contributed by atoms with Crippen molar-refractivity contribution < 1.29 is 14.3 Å². The molecule has 0 fully saturated rings. The number of anilines is 1. The molecule has 3 rings (SSSR count). The van der Waals surface area contributed by atoms with Crippen molar-refractivity contribution in [3.8, 4) is 5.75 Å². The van der Waals surface area contributed by atoms with Gasteiger partial charge in [0, 0.05) is 25.7 Å². The molecule has 1 aromatic heterocycles. The minimum absolute atomic E-state index is 0.0222. The zero-order valence-electron chi connectivity index (χ0n) is 14.6. The molecule has 0 atom stereocenters. The van der Waals surface area contributed by atoms with Crippen molar-refractivity contribution in [3.63, 3.8) is 0 Å². The smallest absolute Gasteiger partial charge is 0.237 e. The Morgan fingerprint density at radius 2 is 2.12 bits per heavy atom. The van der Waals surface area contributed by atoms with E-state index in [0.717, 1.165) is 22.0 Å². The molecule has 0 unspecified atom stereocenters. The van der Waals surface area contributed by atoms with E-state index < -0.39 is 0 Å². The molecule has 0 saturated carbocycles. The number of amides is 2. The second kappa shape index (κ2) is 8.71.